The molecule has 3 saturated heterocycles. The third-order valence-corrected chi connectivity index (χ3v) is 5.50. The molecule has 3 fully saturated rings. The number of carbonyl (C=O) groups is 1. The monoisotopic (exact) mass is 331 g/mol. The topological polar surface area (TPSA) is 49.6 Å². The molecule has 2 aromatic rings. The molecular weight excluding hydrogens is 310 g/mol. The number of aryl methyl sites for hydroxylation is 1. The van der Waals surface area contributed by atoms with E-state index < -0.39 is 0 Å². The minimum absolute atomic E-state index is 0.114. The summed E-state index contributed by atoms with van der Waals surface area (Å²) in [4.78, 5) is 21.6. The van der Waals surface area contributed by atoms with Crippen molar-refractivity contribution < 1.29 is 9.21 Å². The molecule has 5 nitrogen and oxygen atoms in total. The average molecular weight is 331 g/mol. The standard InChI is InChI=1S/C17H21N3O2S/c1-12-2-5-16(22-12)9-19-6-13-3-4-15(8-19)20(17(13)21)7-14-10-23-11-18-14/h2,5,10-11,13,15H,3-4,6-9H2,1H3. The zero-order chi connectivity index (χ0) is 15.8. The number of amides is 1. The van der Waals surface area contributed by atoms with Crippen molar-refractivity contribution in [2.75, 3.05) is 13.1 Å². The molecule has 2 atom stereocenters. The van der Waals surface area contributed by atoms with E-state index in [1.807, 2.05) is 29.9 Å². The lowest BCUT2D eigenvalue weighted by Crippen LogP contribution is -2.47. The number of fused-ring (bicyclic) bond motifs is 4. The molecule has 0 spiro atoms. The van der Waals surface area contributed by atoms with Crippen LogP contribution < -0.4 is 0 Å². The molecule has 122 valence electrons. The second kappa shape index (κ2) is 6.09. The minimum Gasteiger partial charge on any atom is -0.465 e. The Morgan fingerprint density at radius 2 is 2.22 bits per heavy atom. The number of hydrogen-bond acceptors (Lipinski definition) is 5. The van der Waals surface area contributed by atoms with Gasteiger partial charge in [0.05, 0.1) is 30.2 Å². The summed E-state index contributed by atoms with van der Waals surface area (Å²) in [6.45, 7) is 5.17. The summed E-state index contributed by atoms with van der Waals surface area (Å²) in [6, 6.07) is 4.33. The first-order valence-corrected chi connectivity index (χ1v) is 9.08. The van der Waals surface area contributed by atoms with Crippen LogP contribution in [0.15, 0.2) is 27.4 Å². The van der Waals surface area contributed by atoms with Gasteiger partial charge in [0.1, 0.15) is 11.5 Å². The molecule has 2 aromatic heterocycles. The van der Waals surface area contributed by atoms with Crippen LogP contribution in [-0.2, 0) is 17.9 Å². The van der Waals surface area contributed by atoms with Crippen LogP contribution in [0.3, 0.4) is 0 Å². The first-order valence-electron chi connectivity index (χ1n) is 8.14. The van der Waals surface area contributed by atoms with Crippen molar-refractivity contribution in [2.45, 2.75) is 38.9 Å². The van der Waals surface area contributed by atoms with Gasteiger partial charge in [-0.3, -0.25) is 9.69 Å². The molecule has 3 aliphatic heterocycles. The molecule has 0 aliphatic carbocycles. The summed E-state index contributed by atoms with van der Waals surface area (Å²) in [7, 11) is 0. The van der Waals surface area contributed by atoms with Crippen LogP contribution in [0.5, 0.6) is 0 Å². The Labute approximate surface area is 139 Å². The van der Waals surface area contributed by atoms with Gasteiger partial charge in [-0.05, 0) is 31.9 Å². The SMILES string of the molecule is Cc1ccc(CN2CC3CCC(C2)N(Cc2cscn2)C3=O)o1. The molecule has 23 heavy (non-hydrogen) atoms. The number of nitrogens with zero attached hydrogens (tertiary/aromatic N) is 3. The molecule has 5 rings (SSSR count). The van der Waals surface area contributed by atoms with Gasteiger partial charge in [0.15, 0.2) is 0 Å². The van der Waals surface area contributed by atoms with Crippen LogP contribution >= 0.6 is 11.3 Å². The van der Waals surface area contributed by atoms with E-state index in [0.29, 0.717) is 18.5 Å². The fourth-order valence-electron chi connectivity index (χ4n) is 3.75. The number of hydrogen-bond donors (Lipinski definition) is 0. The number of carbonyl (C=O) groups excluding carboxylic acids is 1. The zero-order valence-corrected chi connectivity index (χ0v) is 14.1. The lowest BCUT2D eigenvalue weighted by molar-refractivity contribution is -0.140. The largest absolute Gasteiger partial charge is 0.465 e. The Morgan fingerprint density at radius 3 is 2.96 bits per heavy atom. The van der Waals surface area contributed by atoms with Gasteiger partial charge in [-0.2, -0.15) is 0 Å². The molecule has 0 saturated carbocycles. The second-order valence-electron chi connectivity index (χ2n) is 6.58. The highest BCUT2D eigenvalue weighted by molar-refractivity contribution is 7.07. The molecule has 2 bridgehead atoms. The van der Waals surface area contributed by atoms with E-state index in [0.717, 1.165) is 49.7 Å². The van der Waals surface area contributed by atoms with E-state index in [-0.39, 0.29) is 5.92 Å². The Balaban J connectivity index is 1.50. The third kappa shape index (κ3) is 3.05. The normalized spacial score (nSPS) is 25.1. The molecule has 0 radical (unpaired) electrons. The van der Waals surface area contributed by atoms with Gasteiger partial charge < -0.3 is 9.32 Å². The lowest BCUT2D eigenvalue weighted by atomic mass is 9.94. The quantitative estimate of drug-likeness (QED) is 0.864. The van der Waals surface area contributed by atoms with Crippen molar-refractivity contribution in [3.05, 3.63) is 40.2 Å². The maximum Gasteiger partial charge on any atom is 0.227 e. The van der Waals surface area contributed by atoms with E-state index in [1.165, 1.54) is 0 Å². The van der Waals surface area contributed by atoms with Crippen LogP contribution in [0.25, 0.3) is 0 Å². The van der Waals surface area contributed by atoms with Crippen molar-refractivity contribution >= 4 is 17.2 Å². The maximum atomic E-state index is 12.8. The molecule has 1 amide bonds. The number of rotatable bonds is 4. The van der Waals surface area contributed by atoms with Gasteiger partial charge in [0.2, 0.25) is 5.91 Å². The molecule has 2 unspecified atom stereocenters. The predicted octanol–water partition coefficient (Wildman–Crippen LogP) is 2.67. The van der Waals surface area contributed by atoms with Crippen molar-refractivity contribution in [1.29, 1.82) is 0 Å². The molecule has 5 heterocycles. The number of furan rings is 1. The summed E-state index contributed by atoms with van der Waals surface area (Å²) in [5.74, 6) is 2.34. The third-order valence-electron chi connectivity index (χ3n) is 4.86. The van der Waals surface area contributed by atoms with E-state index in [1.54, 1.807) is 11.3 Å². The van der Waals surface area contributed by atoms with Crippen LogP contribution in [-0.4, -0.2) is 39.8 Å². The van der Waals surface area contributed by atoms with Gasteiger partial charge in [0, 0.05) is 24.5 Å². The Hall–Kier alpha value is -1.66. The van der Waals surface area contributed by atoms with Gasteiger partial charge in [-0.25, -0.2) is 4.98 Å². The highest BCUT2D eigenvalue weighted by Gasteiger charge is 2.40. The number of thiazole rings is 1. The summed E-state index contributed by atoms with van der Waals surface area (Å²) in [6.07, 6.45) is 2.10. The van der Waals surface area contributed by atoms with Crippen LogP contribution in [0.2, 0.25) is 0 Å². The Kier molecular flexibility index (Phi) is 3.95. The Bertz CT molecular complexity index is 682. The molecule has 0 N–H and O–H groups in total. The van der Waals surface area contributed by atoms with Crippen molar-refractivity contribution in [3.8, 4) is 0 Å². The fraction of sp³-hybridized carbons (Fsp3) is 0.529. The first-order chi connectivity index (χ1) is 11.2. The van der Waals surface area contributed by atoms with Crippen LogP contribution in [0.4, 0.5) is 0 Å². The van der Waals surface area contributed by atoms with Crippen molar-refractivity contribution in [1.82, 2.24) is 14.8 Å². The van der Waals surface area contributed by atoms with Gasteiger partial charge in [0.25, 0.3) is 0 Å². The van der Waals surface area contributed by atoms with E-state index in [4.69, 9.17) is 4.42 Å². The van der Waals surface area contributed by atoms with Crippen molar-refractivity contribution in [3.63, 3.8) is 0 Å². The number of piperidine rings is 1. The van der Waals surface area contributed by atoms with Crippen molar-refractivity contribution in [2.24, 2.45) is 5.92 Å². The first kappa shape index (κ1) is 14.9. The summed E-state index contributed by atoms with van der Waals surface area (Å²) in [5.41, 5.74) is 2.84. The fourth-order valence-corrected chi connectivity index (χ4v) is 4.30. The van der Waals surface area contributed by atoms with Crippen LogP contribution in [0.1, 0.15) is 30.1 Å². The highest BCUT2D eigenvalue weighted by Crippen LogP contribution is 2.31. The van der Waals surface area contributed by atoms with E-state index in [9.17, 15) is 4.79 Å². The van der Waals surface area contributed by atoms with E-state index >= 15 is 0 Å². The highest BCUT2D eigenvalue weighted by atomic mass is 32.1. The maximum absolute atomic E-state index is 12.8. The average Bonchev–Trinajstić information content (AvgIpc) is 3.10. The second-order valence-corrected chi connectivity index (χ2v) is 7.30. The lowest BCUT2D eigenvalue weighted by Gasteiger charge is -2.35. The number of aromatic nitrogens is 1. The van der Waals surface area contributed by atoms with Gasteiger partial charge >= 0.3 is 0 Å². The van der Waals surface area contributed by atoms with Gasteiger partial charge in [-0.15, -0.1) is 11.3 Å². The smallest absolute Gasteiger partial charge is 0.227 e. The Morgan fingerprint density at radius 1 is 1.30 bits per heavy atom. The van der Waals surface area contributed by atoms with Gasteiger partial charge in [-0.1, -0.05) is 0 Å². The molecule has 6 heteroatoms. The zero-order valence-electron chi connectivity index (χ0n) is 13.3. The van der Waals surface area contributed by atoms with E-state index in [2.05, 4.69) is 14.8 Å². The minimum atomic E-state index is 0.114. The molecule has 3 aliphatic rings. The van der Waals surface area contributed by atoms with Crippen LogP contribution in [0, 0.1) is 12.8 Å². The summed E-state index contributed by atoms with van der Waals surface area (Å²) >= 11 is 1.59. The molecule has 0 aromatic carbocycles. The summed E-state index contributed by atoms with van der Waals surface area (Å²) in [5, 5.41) is 2.04. The molecular formula is C17H21N3O2S. The predicted molar refractivity (Wildman–Crippen MR) is 87.9 cm³/mol. The summed E-state index contributed by atoms with van der Waals surface area (Å²) < 4.78 is 5.71.